The lowest BCUT2D eigenvalue weighted by molar-refractivity contribution is 0.464. The van der Waals surface area contributed by atoms with Gasteiger partial charge in [-0.15, -0.1) is 0 Å². The molecule has 2 nitrogen and oxygen atoms in total. The fourth-order valence-electron chi connectivity index (χ4n) is 6.87. The molecule has 0 saturated heterocycles. The first-order chi connectivity index (χ1) is 20.2. The van der Waals surface area contributed by atoms with Gasteiger partial charge in [-0.05, 0) is 62.9 Å². The second-order valence-corrected chi connectivity index (χ2v) is 14.8. The maximum atomic E-state index is 6.58. The molecule has 0 amide bonds. The van der Waals surface area contributed by atoms with E-state index in [0.29, 0.717) is 0 Å². The van der Waals surface area contributed by atoms with Crippen LogP contribution in [0.3, 0.4) is 0 Å². The molecule has 2 aliphatic heterocycles. The molecule has 0 N–H and O–H groups in total. The van der Waals surface area contributed by atoms with E-state index in [-0.39, 0.29) is 6.71 Å². The highest BCUT2D eigenvalue weighted by atomic mass is 28.3. The molecule has 0 unspecified atom stereocenters. The number of para-hydroxylation sites is 1. The molecule has 4 heteroatoms. The lowest BCUT2D eigenvalue weighted by Crippen LogP contribution is -2.75. The highest BCUT2D eigenvalue weighted by molar-refractivity contribution is 7.20. The zero-order valence-electron chi connectivity index (χ0n) is 22.8. The molecule has 41 heavy (non-hydrogen) atoms. The van der Waals surface area contributed by atoms with E-state index in [1.165, 1.54) is 37.2 Å². The van der Waals surface area contributed by atoms with Gasteiger partial charge in [-0.25, -0.2) is 0 Å². The quantitative estimate of drug-likeness (QED) is 0.246. The van der Waals surface area contributed by atoms with Crippen LogP contribution >= 0.6 is 0 Å². The first kappa shape index (κ1) is 24.0. The van der Waals surface area contributed by atoms with Crippen LogP contribution in [0, 0.1) is 6.92 Å². The molecule has 6 aromatic carbocycles. The summed E-state index contributed by atoms with van der Waals surface area (Å²) in [5, 5.41) is 5.44. The molecule has 8 rings (SSSR count). The Morgan fingerprint density at radius 3 is 1.66 bits per heavy atom. The van der Waals surface area contributed by atoms with Crippen LogP contribution in [-0.4, -0.2) is 14.8 Å². The standard InChI is InChI=1S/C37H27BO2Si/c1-26-12-10-17-29(24-26)41(27-13-4-2-5-14-27,28-15-6-3-7-16-28)30-22-23-34-32(25-30)38-31-18-8-9-19-33(31)39-35-20-11-21-36(40-34)37(35)38/h2-25H,1H3. The Kier molecular flexibility index (Phi) is 5.51. The Morgan fingerprint density at radius 1 is 0.439 bits per heavy atom. The maximum absolute atomic E-state index is 6.58. The SMILES string of the molecule is Cc1cccc([Si](c2ccccc2)(c2ccccc2)c2ccc3c(c2)B2c4ccccc4Oc4cccc(c42)O3)c1. The number of ether oxygens (including phenoxy) is 2. The van der Waals surface area contributed by atoms with E-state index in [1.807, 2.05) is 12.1 Å². The first-order valence-corrected chi connectivity index (χ1v) is 16.1. The smallest absolute Gasteiger partial charge is 0.260 e. The first-order valence-electron chi connectivity index (χ1n) is 14.1. The minimum atomic E-state index is -2.70. The third kappa shape index (κ3) is 3.64. The van der Waals surface area contributed by atoms with Gasteiger partial charge in [0.1, 0.15) is 23.0 Å². The third-order valence-corrected chi connectivity index (χ3v) is 13.4. The highest BCUT2D eigenvalue weighted by Crippen LogP contribution is 2.33. The zero-order valence-corrected chi connectivity index (χ0v) is 23.8. The number of hydrogen-bond donors (Lipinski definition) is 0. The summed E-state index contributed by atoms with van der Waals surface area (Å²) in [4.78, 5) is 0. The van der Waals surface area contributed by atoms with Crippen LogP contribution in [0.1, 0.15) is 5.56 Å². The number of rotatable bonds is 4. The molecular weight excluding hydrogens is 515 g/mol. The molecule has 0 saturated carbocycles. The van der Waals surface area contributed by atoms with Crippen molar-refractivity contribution >= 4 is 51.9 Å². The number of hydrogen-bond acceptors (Lipinski definition) is 2. The molecule has 0 bridgehead atoms. The molecule has 6 aromatic rings. The predicted octanol–water partition coefficient (Wildman–Crippen LogP) is 4.10. The number of benzene rings is 6. The number of fused-ring (bicyclic) bond motifs is 4. The van der Waals surface area contributed by atoms with E-state index < -0.39 is 8.07 Å². The molecule has 0 spiro atoms. The van der Waals surface area contributed by atoms with Crippen molar-refractivity contribution in [1.82, 2.24) is 0 Å². The van der Waals surface area contributed by atoms with Crippen molar-refractivity contribution in [3.05, 3.63) is 151 Å². The van der Waals surface area contributed by atoms with Crippen molar-refractivity contribution in [2.24, 2.45) is 0 Å². The monoisotopic (exact) mass is 542 g/mol. The van der Waals surface area contributed by atoms with Crippen LogP contribution in [0.5, 0.6) is 23.0 Å². The van der Waals surface area contributed by atoms with Gasteiger partial charge in [-0.1, -0.05) is 127 Å². The molecule has 0 aliphatic carbocycles. The van der Waals surface area contributed by atoms with Gasteiger partial charge in [0, 0.05) is 5.46 Å². The molecule has 0 fully saturated rings. The average molecular weight is 543 g/mol. The van der Waals surface area contributed by atoms with Crippen molar-refractivity contribution in [2.45, 2.75) is 6.92 Å². The summed E-state index contributed by atoms with van der Waals surface area (Å²) in [6.45, 7) is 2.22. The van der Waals surface area contributed by atoms with Gasteiger partial charge in [0.2, 0.25) is 0 Å². The van der Waals surface area contributed by atoms with Crippen LogP contribution < -0.4 is 46.6 Å². The van der Waals surface area contributed by atoms with Crippen LogP contribution in [0.15, 0.2) is 146 Å². The minimum Gasteiger partial charge on any atom is -0.458 e. The lowest BCUT2D eigenvalue weighted by atomic mass is 9.35. The molecule has 0 aromatic heterocycles. The molecule has 2 aliphatic rings. The molecular formula is C37H27BO2Si. The number of aryl methyl sites for hydroxylation is 1. The third-order valence-electron chi connectivity index (χ3n) is 8.60. The Labute approximate surface area is 242 Å². The van der Waals surface area contributed by atoms with E-state index in [9.17, 15) is 0 Å². The van der Waals surface area contributed by atoms with E-state index in [1.54, 1.807) is 0 Å². The van der Waals surface area contributed by atoms with E-state index in [2.05, 4.69) is 140 Å². The Morgan fingerprint density at radius 2 is 0.976 bits per heavy atom. The van der Waals surface area contributed by atoms with Crippen molar-refractivity contribution in [2.75, 3.05) is 0 Å². The van der Waals surface area contributed by atoms with Gasteiger partial charge >= 0.3 is 0 Å². The van der Waals surface area contributed by atoms with Gasteiger partial charge < -0.3 is 9.47 Å². The van der Waals surface area contributed by atoms with Crippen molar-refractivity contribution < 1.29 is 9.47 Å². The summed E-state index contributed by atoms with van der Waals surface area (Å²) < 4.78 is 13.0. The van der Waals surface area contributed by atoms with E-state index in [4.69, 9.17) is 9.47 Å². The average Bonchev–Trinajstić information content (AvgIpc) is 3.02. The molecule has 0 atom stereocenters. The van der Waals surface area contributed by atoms with Gasteiger partial charge in [0.05, 0.1) is 0 Å². The second-order valence-electron chi connectivity index (χ2n) is 10.9. The summed E-state index contributed by atoms with van der Waals surface area (Å²) in [5.41, 5.74) is 4.74. The van der Waals surface area contributed by atoms with Gasteiger partial charge in [-0.3, -0.25) is 0 Å². The molecule has 2 heterocycles. The summed E-state index contributed by atoms with van der Waals surface area (Å²) in [6.07, 6.45) is 0. The van der Waals surface area contributed by atoms with Crippen LogP contribution in [0.4, 0.5) is 0 Å². The van der Waals surface area contributed by atoms with E-state index >= 15 is 0 Å². The topological polar surface area (TPSA) is 18.5 Å². The van der Waals surface area contributed by atoms with Gasteiger partial charge in [-0.2, -0.15) is 0 Å². The minimum absolute atomic E-state index is 0.0330. The van der Waals surface area contributed by atoms with Crippen LogP contribution in [-0.2, 0) is 0 Å². The van der Waals surface area contributed by atoms with Crippen molar-refractivity contribution in [3.8, 4) is 23.0 Å². The van der Waals surface area contributed by atoms with E-state index in [0.717, 1.165) is 28.5 Å². The van der Waals surface area contributed by atoms with Crippen molar-refractivity contribution in [1.29, 1.82) is 0 Å². The summed E-state index contributed by atoms with van der Waals surface area (Å²) in [5.74, 6) is 3.56. The van der Waals surface area contributed by atoms with Crippen LogP contribution in [0.25, 0.3) is 0 Å². The maximum Gasteiger partial charge on any atom is 0.260 e. The normalized spacial score (nSPS) is 12.9. The van der Waals surface area contributed by atoms with Gasteiger partial charge in [0.25, 0.3) is 6.71 Å². The fraction of sp³-hybridized carbons (Fsp3) is 0.0270. The highest BCUT2D eigenvalue weighted by Gasteiger charge is 2.44. The van der Waals surface area contributed by atoms with Gasteiger partial charge in [0.15, 0.2) is 8.07 Å². The Balaban J connectivity index is 1.45. The zero-order chi connectivity index (χ0) is 27.4. The Hall–Kier alpha value is -4.80. The summed E-state index contributed by atoms with van der Waals surface area (Å²) in [6, 6.07) is 52.8. The summed E-state index contributed by atoms with van der Waals surface area (Å²) in [7, 11) is -2.70. The van der Waals surface area contributed by atoms with Crippen LogP contribution in [0.2, 0.25) is 0 Å². The second kappa shape index (κ2) is 9.40. The predicted molar refractivity (Wildman–Crippen MR) is 172 cm³/mol. The lowest BCUT2D eigenvalue weighted by Gasteiger charge is -2.37. The molecule has 0 radical (unpaired) electrons. The fourth-order valence-corrected chi connectivity index (χ4v) is 11.7. The Bertz CT molecular complexity index is 1870. The van der Waals surface area contributed by atoms with Crippen molar-refractivity contribution in [3.63, 3.8) is 0 Å². The largest absolute Gasteiger partial charge is 0.458 e. The molecule has 194 valence electrons. The summed E-state index contributed by atoms with van der Waals surface area (Å²) >= 11 is 0.